The van der Waals surface area contributed by atoms with Crippen molar-refractivity contribution in [2.45, 2.75) is 57.1 Å². The van der Waals surface area contributed by atoms with Crippen molar-refractivity contribution in [3.05, 3.63) is 35.9 Å². The third-order valence-corrected chi connectivity index (χ3v) is 4.75. The molecule has 0 heterocycles. The van der Waals surface area contributed by atoms with E-state index < -0.39 is 0 Å². The Labute approximate surface area is 156 Å². The SMILES string of the molecule is COC(CNC(=O)CCCNC(=O)NC1CCCCC1)c1ccccc1. The number of carbonyl (C=O) groups excluding carboxylic acids is 2. The van der Waals surface area contributed by atoms with Crippen molar-refractivity contribution >= 4 is 11.9 Å². The monoisotopic (exact) mass is 361 g/mol. The summed E-state index contributed by atoms with van der Waals surface area (Å²) in [6, 6.07) is 9.99. The fourth-order valence-corrected chi connectivity index (χ4v) is 3.23. The van der Waals surface area contributed by atoms with Crippen LogP contribution in [0.15, 0.2) is 30.3 Å². The minimum Gasteiger partial charge on any atom is -0.375 e. The molecule has 1 aromatic carbocycles. The second-order valence-corrected chi connectivity index (χ2v) is 6.78. The maximum absolute atomic E-state index is 12.0. The fourth-order valence-electron chi connectivity index (χ4n) is 3.23. The molecule has 144 valence electrons. The standard InChI is InChI=1S/C20H31N3O3/c1-26-18(16-9-4-2-5-10-16)15-22-19(24)13-8-14-21-20(25)23-17-11-6-3-7-12-17/h2,4-5,9-10,17-18H,3,6-8,11-15H2,1H3,(H,22,24)(H2,21,23,25). The molecule has 3 amide bonds. The summed E-state index contributed by atoms with van der Waals surface area (Å²) in [6.07, 6.45) is 6.63. The highest BCUT2D eigenvalue weighted by molar-refractivity contribution is 5.76. The predicted molar refractivity (Wildman–Crippen MR) is 102 cm³/mol. The van der Waals surface area contributed by atoms with E-state index in [4.69, 9.17) is 4.74 Å². The lowest BCUT2D eigenvalue weighted by Crippen LogP contribution is -2.43. The van der Waals surface area contributed by atoms with Crippen molar-refractivity contribution in [3.63, 3.8) is 0 Å². The van der Waals surface area contributed by atoms with Crippen molar-refractivity contribution in [1.29, 1.82) is 0 Å². The van der Waals surface area contributed by atoms with Gasteiger partial charge in [0.1, 0.15) is 0 Å². The van der Waals surface area contributed by atoms with Crippen molar-refractivity contribution in [1.82, 2.24) is 16.0 Å². The van der Waals surface area contributed by atoms with Crippen LogP contribution in [0.25, 0.3) is 0 Å². The molecule has 1 aromatic rings. The Morgan fingerprint density at radius 1 is 1.12 bits per heavy atom. The number of ether oxygens (including phenoxy) is 1. The summed E-state index contributed by atoms with van der Waals surface area (Å²) < 4.78 is 5.44. The summed E-state index contributed by atoms with van der Waals surface area (Å²) in [5.41, 5.74) is 1.04. The maximum Gasteiger partial charge on any atom is 0.315 e. The van der Waals surface area contributed by atoms with Gasteiger partial charge in [-0.05, 0) is 24.8 Å². The molecule has 26 heavy (non-hydrogen) atoms. The van der Waals surface area contributed by atoms with Gasteiger partial charge in [0.25, 0.3) is 0 Å². The van der Waals surface area contributed by atoms with Gasteiger partial charge in [-0.25, -0.2) is 4.79 Å². The second-order valence-electron chi connectivity index (χ2n) is 6.78. The van der Waals surface area contributed by atoms with Crippen molar-refractivity contribution in [2.75, 3.05) is 20.2 Å². The summed E-state index contributed by atoms with van der Waals surface area (Å²) >= 11 is 0. The number of rotatable bonds is 9. The Kier molecular flexibility index (Phi) is 8.96. The van der Waals surface area contributed by atoms with Gasteiger partial charge in [-0.15, -0.1) is 0 Å². The van der Waals surface area contributed by atoms with Gasteiger partial charge in [-0.1, -0.05) is 49.6 Å². The third-order valence-electron chi connectivity index (χ3n) is 4.75. The molecule has 1 saturated carbocycles. The fraction of sp³-hybridized carbons (Fsp3) is 0.600. The lowest BCUT2D eigenvalue weighted by molar-refractivity contribution is -0.121. The average Bonchev–Trinajstić information content (AvgIpc) is 2.67. The molecule has 3 N–H and O–H groups in total. The normalized spacial score (nSPS) is 15.9. The predicted octanol–water partition coefficient (Wildman–Crippen LogP) is 2.90. The first-order valence-electron chi connectivity index (χ1n) is 9.58. The van der Waals surface area contributed by atoms with Crippen LogP contribution in [0, 0.1) is 0 Å². The van der Waals surface area contributed by atoms with Crippen molar-refractivity contribution < 1.29 is 14.3 Å². The lowest BCUT2D eigenvalue weighted by Gasteiger charge is -2.22. The van der Waals surface area contributed by atoms with E-state index in [0.717, 1.165) is 18.4 Å². The van der Waals surface area contributed by atoms with Crippen molar-refractivity contribution in [2.24, 2.45) is 0 Å². The number of hydrogen-bond acceptors (Lipinski definition) is 3. The minimum atomic E-state index is -0.153. The molecule has 1 unspecified atom stereocenters. The minimum absolute atomic E-state index is 0.0301. The molecule has 6 heteroatoms. The Morgan fingerprint density at radius 2 is 1.85 bits per heavy atom. The van der Waals surface area contributed by atoms with Crippen LogP contribution in [0.1, 0.15) is 56.6 Å². The molecule has 1 aliphatic carbocycles. The van der Waals surface area contributed by atoms with E-state index >= 15 is 0 Å². The Bertz CT molecular complexity index is 544. The van der Waals surface area contributed by atoms with Crippen LogP contribution in [0.4, 0.5) is 4.79 Å². The maximum atomic E-state index is 12.0. The summed E-state index contributed by atoms with van der Waals surface area (Å²) in [6.45, 7) is 0.938. The highest BCUT2D eigenvalue weighted by atomic mass is 16.5. The highest BCUT2D eigenvalue weighted by Crippen LogP contribution is 2.17. The molecular formula is C20H31N3O3. The number of carbonyl (C=O) groups is 2. The van der Waals surface area contributed by atoms with Crippen LogP contribution in [-0.4, -0.2) is 38.2 Å². The van der Waals surface area contributed by atoms with Gasteiger partial charge in [0.05, 0.1) is 6.10 Å². The van der Waals surface area contributed by atoms with Crippen LogP contribution in [0.5, 0.6) is 0 Å². The van der Waals surface area contributed by atoms with Gasteiger partial charge in [-0.2, -0.15) is 0 Å². The van der Waals surface area contributed by atoms with E-state index in [0.29, 0.717) is 32.0 Å². The number of methoxy groups -OCH3 is 1. The van der Waals surface area contributed by atoms with Gasteiger partial charge < -0.3 is 20.7 Å². The lowest BCUT2D eigenvalue weighted by atomic mass is 9.96. The molecule has 0 radical (unpaired) electrons. The Hall–Kier alpha value is -2.08. The highest BCUT2D eigenvalue weighted by Gasteiger charge is 2.15. The molecule has 2 rings (SSSR count). The summed E-state index contributed by atoms with van der Waals surface area (Å²) in [5, 5.41) is 8.73. The van der Waals surface area contributed by atoms with E-state index in [1.165, 1.54) is 19.3 Å². The summed E-state index contributed by atoms with van der Waals surface area (Å²) in [7, 11) is 1.64. The van der Waals surface area contributed by atoms with Crippen LogP contribution in [0.3, 0.4) is 0 Å². The van der Waals surface area contributed by atoms with Crippen LogP contribution in [0.2, 0.25) is 0 Å². The summed E-state index contributed by atoms with van der Waals surface area (Å²) in [4.78, 5) is 23.8. The summed E-state index contributed by atoms with van der Waals surface area (Å²) in [5.74, 6) is -0.0301. The molecule has 0 saturated heterocycles. The molecule has 1 aliphatic rings. The third kappa shape index (κ3) is 7.44. The van der Waals surface area contributed by atoms with E-state index in [-0.39, 0.29) is 18.0 Å². The quantitative estimate of drug-likeness (QED) is 0.592. The molecule has 6 nitrogen and oxygen atoms in total. The first-order valence-corrected chi connectivity index (χ1v) is 9.58. The molecule has 0 aromatic heterocycles. The van der Waals surface area contributed by atoms with Crippen LogP contribution in [-0.2, 0) is 9.53 Å². The van der Waals surface area contributed by atoms with E-state index in [2.05, 4.69) is 16.0 Å². The first-order chi connectivity index (χ1) is 12.7. The Morgan fingerprint density at radius 3 is 2.54 bits per heavy atom. The van der Waals surface area contributed by atoms with E-state index in [9.17, 15) is 9.59 Å². The van der Waals surface area contributed by atoms with Gasteiger partial charge >= 0.3 is 6.03 Å². The zero-order chi connectivity index (χ0) is 18.6. The molecular weight excluding hydrogens is 330 g/mol. The van der Waals surface area contributed by atoms with E-state index in [1.807, 2.05) is 30.3 Å². The van der Waals surface area contributed by atoms with Gasteiger partial charge in [0.15, 0.2) is 0 Å². The average molecular weight is 361 g/mol. The molecule has 0 bridgehead atoms. The van der Waals surface area contributed by atoms with Gasteiger partial charge in [0.2, 0.25) is 5.91 Å². The van der Waals surface area contributed by atoms with Crippen molar-refractivity contribution in [3.8, 4) is 0 Å². The number of hydrogen-bond donors (Lipinski definition) is 3. The molecule has 0 spiro atoms. The smallest absolute Gasteiger partial charge is 0.315 e. The van der Waals surface area contributed by atoms with Crippen LogP contribution >= 0.6 is 0 Å². The second kappa shape index (κ2) is 11.5. The molecule has 1 fully saturated rings. The molecule has 1 atom stereocenters. The number of benzene rings is 1. The van der Waals surface area contributed by atoms with Gasteiger partial charge in [0, 0.05) is 32.7 Å². The number of urea groups is 1. The topological polar surface area (TPSA) is 79.5 Å². The largest absolute Gasteiger partial charge is 0.375 e. The zero-order valence-corrected chi connectivity index (χ0v) is 15.6. The number of nitrogens with one attached hydrogen (secondary N) is 3. The zero-order valence-electron chi connectivity index (χ0n) is 15.6. The number of amides is 3. The van der Waals surface area contributed by atoms with Crippen LogP contribution < -0.4 is 16.0 Å². The first kappa shape index (κ1) is 20.2. The van der Waals surface area contributed by atoms with E-state index in [1.54, 1.807) is 7.11 Å². The van der Waals surface area contributed by atoms with Gasteiger partial charge in [-0.3, -0.25) is 4.79 Å². The molecule has 0 aliphatic heterocycles. The Balaban J connectivity index is 1.56.